The van der Waals surface area contributed by atoms with Gasteiger partial charge in [-0.15, -0.1) is 0 Å². The van der Waals surface area contributed by atoms with Gasteiger partial charge in [0.15, 0.2) is 0 Å². The Balaban J connectivity index is 3.26. The highest BCUT2D eigenvalue weighted by Crippen LogP contribution is 2.10. The minimum atomic E-state index is -3.17. The molecular formula is C13H28BrNO3S. The number of unbranched alkanes of at least 4 members (excludes halogenated alkanes) is 8. The van der Waals surface area contributed by atoms with E-state index in [1.54, 1.807) is 0 Å². The van der Waals surface area contributed by atoms with Gasteiger partial charge in [-0.05, 0) is 12.8 Å². The van der Waals surface area contributed by atoms with Crippen molar-refractivity contribution in [2.24, 2.45) is 0 Å². The number of aliphatic hydroxyl groups excluding tert-OH is 1. The Morgan fingerprint density at radius 1 is 0.842 bits per heavy atom. The van der Waals surface area contributed by atoms with Crippen molar-refractivity contribution in [2.45, 2.75) is 57.8 Å². The Morgan fingerprint density at radius 3 is 1.79 bits per heavy atom. The molecule has 0 spiro atoms. The number of hydrogen-bond donors (Lipinski definition) is 2. The Hall–Kier alpha value is 0.350. The summed E-state index contributed by atoms with van der Waals surface area (Å²) in [6.07, 6.45) is 10.4. The second-order valence-electron chi connectivity index (χ2n) is 4.81. The quantitative estimate of drug-likeness (QED) is 0.371. The standard InChI is InChI=1S/C13H28BrNO3S/c14-10-8-6-4-2-1-3-5-7-9-13-19(17,18)15-11-12-16/h15-16H,1-13H2. The lowest BCUT2D eigenvalue weighted by atomic mass is 10.1. The van der Waals surface area contributed by atoms with Crippen LogP contribution in [0.5, 0.6) is 0 Å². The molecule has 0 aliphatic heterocycles. The van der Waals surface area contributed by atoms with Crippen molar-refractivity contribution in [3.05, 3.63) is 0 Å². The fraction of sp³-hybridized carbons (Fsp3) is 1.00. The summed E-state index contributed by atoms with van der Waals surface area (Å²) in [5.74, 6) is 0.179. The monoisotopic (exact) mass is 357 g/mol. The SMILES string of the molecule is O=S(=O)(CCCCCCCCCCCBr)NCCO. The molecule has 0 saturated heterocycles. The van der Waals surface area contributed by atoms with E-state index < -0.39 is 10.0 Å². The maximum Gasteiger partial charge on any atom is 0.211 e. The van der Waals surface area contributed by atoms with Crippen LogP contribution in [0.1, 0.15) is 57.8 Å². The van der Waals surface area contributed by atoms with E-state index in [1.165, 1.54) is 38.5 Å². The Kier molecular flexibility index (Phi) is 13.6. The van der Waals surface area contributed by atoms with Gasteiger partial charge in [-0.25, -0.2) is 13.1 Å². The Bertz CT molecular complexity index is 284. The number of alkyl halides is 1. The first kappa shape index (κ1) is 19.4. The smallest absolute Gasteiger partial charge is 0.211 e. The van der Waals surface area contributed by atoms with E-state index in [0.717, 1.165) is 18.2 Å². The van der Waals surface area contributed by atoms with Crippen LogP contribution in [0.25, 0.3) is 0 Å². The van der Waals surface area contributed by atoms with Crippen LogP contribution >= 0.6 is 15.9 Å². The average Bonchev–Trinajstić information content (AvgIpc) is 2.38. The summed E-state index contributed by atoms with van der Waals surface area (Å²) in [4.78, 5) is 0. The molecule has 0 bridgehead atoms. The van der Waals surface area contributed by atoms with Crippen molar-refractivity contribution in [1.82, 2.24) is 4.72 Å². The molecule has 0 aliphatic rings. The summed E-state index contributed by atoms with van der Waals surface area (Å²) in [6, 6.07) is 0. The van der Waals surface area contributed by atoms with Crippen LogP contribution in [-0.2, 0) is 10.0 Å². The van der Waals surface area contributed by atoms with E-state index in [2.05, 4.69) is 20.7 Å². The summed E-state index contributed by atoms with van der Waals surface area (Å²) in [6.45, 7) is -0.0228. The third-order valence-corrected chi connectivity index (χ3v) is 5.01. The van der Waals surface area contributed by atoms with Crippen LogP contribution in [0, 0.1) is 0 Å². The van der Waals surface area contributed by atoms with Gasteiger partial charge in [0.1, 0.15) is 0 Å². The van der Waals surface area contributed by atoms with E-state index in [-0.39, 0.29) is 18.9 Å². The molecule has 0 unspecified atom stereocenters. The topological polar surface area (TPSA) is 66.4 Å². The number of sulfonamides is 1. The van der Waals surface area contributed by atoms with Gasteiger partial charge in [0.25, 0.3) is 0 Å². The normalized spacial score (nSPS) is 11.9. The number of hydrogen-bond acceptors (Lipinski definition) is 3. The summed E-state index contributed by atoms with van der Waals surface area (Å²) in [5.41, 5.74) is 0. The highest BCUT2D eigenvalue weighted by molar-refractivity contribution is 9.09. The number of halogens is 1. The van der Waals surface area contributed by atoms with E-state index >= 15 is 0 Å². The van der Waals surface area contributed by atoms with E-state index in [9.17, 15) is 8.42 Å². The molecule has 19 heavy (non-hydrogen) atoms. The summed E-state index contributed by atoms with van der Waals surface area (Å²) in [7, 11) is -3.17. The lowest BCUT2D eigenvalue weighted by Gasteiger charge is -2.05. The lowest BCUT2D eigenvalue weighted by molar-refractivity contribution is 0.301. The van der Waals surface area contributed by atoms with Crippen LogP contribution in [0.3, 0.4) is 0 Å². The number of aliphatic hydroxyl groups is 1. The lowest BCUT2D eigenvalue weighted by Crippen LogP contribution is -2.28. The first-order valence-electron chi connectivity index (χ1n) is 7.26. The van der Waals surface area contributed by atoms with E-state index in [0.29, 0.717) is 6.42 Å². The molecule has 0 amide bonds. The van der Waals surface area contributed by atoms with Crippen molar-refractivity contribution in [3.8, 4) is 0 Å². The highest BCUT2D eigenvalue weighted by Gasteiger charge is 2.07. The third-order valence-electron chi connectivity index (χ3n) is 2.98. The third kappa shape index (κ3) is 14.6. The predicted molar refractivity (Wildman–Crippen MR) is 84.2 cm³/mol. The van der Waals surface area contributed by atoms with Crippen molar-refractivity contribution in [1.29, 1.82) is 0 Å². The van der Waals surface area contributed by atoms with Crippen molar-refractivity contribution in [3.63, 3.8) is 0 Å². The molecular weight excluding hydrogens is 330 g/mol. The van der Waals surface area contributed by atoms with Crippen molar-refractivity contribution >= 4 is 26.0 Å². The highest BCUT2D eigenvalue weighted by atomic mass is 79.9. The summed E-state index contributed by atoms with van der Waals surface area (Å²) >= 11 is 3.42. The molecule has 2 N–H and O–H groups in total. The molecule has 0 aromatic rings. The average molecular weight is 358 g/mol. The molecule has 0 aromatic carbocycles. The maximum atomic E-state index is 11.4. The first-order valence-corrected chi connectivity index (χ1v) is 10.0. The van der Waals surface area contributed by atoms with Crippen molar-refractivity contribution in [2.75, 3.05) is 24.2 Å². The van der Waals surface area contributed by atoms with Gasteiger partial charge in [0.2, 0.25) is 10.0 Å². The molecule has 0 atom stereocenters. The van der Waals surface area contributed by atoms with Crippen molar-refractivity contribution < 1.29 is 13.5 Å². The molecule has 0 heterocycles. The molecule has 0 aromatic heterocycles. The molecule has 0 saturated carbocycles. The first-order chi connectivity index (χ1) is 9.12. The van der Waals surface area contributed by atoms with E-state index in [1.807, 2.05) is 0 Å². The van der Waals surface area contributed by atoms with E-state index in [4.69, 9.17) is 5.11 Å². The summed E-state index contributed by atoms with van der Waals surface area (Å²) in [5, 5.41) is 9.65. The van der Waals surface area contributed by atoms with Gasteiger partial charge in [-0.3, -0.25) is 0 Å². The predicted octanol–water partition coefficient (Wildman–Crippen LogP) is 2.80. The molecule has 116 valence electrons. The number of rotatable bonds is 14. The van der Waals surface area contributed by atoms with Gasteiger partial charge >= 0.3 is 0 Å². The van der Waals surface area contributed by atoms with Gasteiger partial charge < -0.3 is 5.11 Å². The van der Waals surface area contributed by atoms with Crippen LogP contribution in [0.2, 0.25) is 0 Å². The zero-order chi connectivity index (χ0) is 14.4. The Labute approximate surface area is 126 Å². The van der Waals surface area contributed by atoms with Gasteiger partial charge in [-0.1, -0.05) is 60.9 Å². The largest absolute Gasteiger partial charge is 0.395 e. The van der Waals surface area contributed by atoms with Gasteiger partial charge in [0, 0.05) is 11.9 Å². The minimum Gasteiger partial charge on any atom is -0.395 e. The molecule has 6 heteroatoms. The van der Waals surface area contributed by atoms with Crippen LogP contribution in [0.15, 0.2) is 0 Å². The molecule has 0 radical (unpaired) electrons. The maximum absolute atomic E-state index is 11.4. The second-order valence-corrected chi connectivity index (χ2v) is 7.53. The zero-order valence-corrected chi connectivity index (χ0v) is 14.1. The fourth-order valence-electron chi connectivity index (χ4n) is 1.90. The van der Waals surface area contributed by atoms with Gasteiger partial charge in [0.05, 0.1) is 12.4 Å². The molecule has 0 aliphatic carbocycles. The molecule has 0 rings (SSSR count). The van der Waals surface area contributed by atoms with Crippen LogP contribution in [-0.4, -0.2) is 37.8 Å². The molecule has 4 nitrogen and oxygen atoms in total. The Morgan fingerprint density at radius 2 is 1.32 bits per heavy atom. The van der Waals surface area contributed by atoms with Gasteiger partial charge in [-0.2, -0.15) is 0 Å². The van der Waals surface area contributed by atoms with Crippen LogP contribution in [0.4, 0.5) is 0 Å². The zero-order valence-electron chi connectivity index (χ0n) is 11.7. The van der Waals surface area contributed by atoms with Crippen LogP contribution < -0.4 is 4.72 Å². The number of nitrogens with one attached hydrogen (secondary N) is 1. The summed E-state index contributed by atoms with van der Waals surface area (Å²) < 4.78 is 25.2. The second kappa shape index (κ2) is 13.3. The molecule has 0 fully saturated rings. The fourth-order valence-corrected chi connectivity index (χ4v) is 3.42. The minimum absolute atomic E-state index is 0.122.